The number of hydrogen-bond acceptors (Lipinski definition) is 3. The van der Waals surface area contributed by atoms with E-state index in [0.29, 0.717) is 6.42 Å². The number of nitrogens with one attached hydrogen (secondary N) is 1. The molecule has 0 aliphatic heterocycles. The Balaban J connectivity index is 2.77. The number of carbonyl (C=O) groups excluding carboxylic acids is 1. The van der Waals surface area contributed by atoms with Crippen LogP contribution >= 0.6 is 0 Å². The summed E-state index contributed by atoms with van der Waals surface area (Å²) in [6.45, 7) is 5.24. The van der Waals surface area contributed by atoms with E-state index in [1.807, 2.05) is 39.0 Å². The molecule has 0 radical (unpaired) electrons. The van der Waals surface area contributed by atoms with Gasteiger partial charge in [-0.2, -0.15) is 0 Å². The van der Waals surface area contributed by atoms with Gasteiger partial charge >= 0.3 is 0 Å². The van der Waals surface area contributed by atoms with Crippen molar-refractivity contribution in [3.63, 3.8) is 0 Å². The summed E-state index contributed by atoms with van der Waals surface area (Å²) in [5.74, 6) is -0.182. The second-order valence-electron chi connectivity index (χ2n) is 5.11. The summed E-state index contributed by atoms with van der Waals surface area (Å²) in [7, 11) is 0. The topological polar surface area (TPSA) is 69.6 Å². The van der Waals surface area contributed by atoms with Crippen molar-refractivity contribution in [1.82, 2.24) is 5.32 Å². The van der Waals surface area contributed by atoms with E-state index >= 15 is 0 Å². The van der Waals surface area contributed by atoms with Crippen LogP contribution in [-0.2, 0) is 11.2 Å². The quantitative estimate of drug-likeness (QED) is 0.721. The summed E-state index contributed by atoms with van der Waals surface area (Å²) in [6, 6.07) is 5.98. The van der Waals surface area contributed by atoms with Crippen LogP contribution in [0.3, 0.4) is 0 Å². The minimum absolute atomic E-state index is 0.182. The lowest BCUT2D eigenvalue weighted by molar-refractivity contribution is -0.123. The Morgan fingerprint density at radius 1 is 1.26 bits per heavy atom. The number of rotatable bonds is 6. The predicted molar refractivity (Wildman–Crippen MR) is 75.0 cm³/mol. The van der Waals surface area contributed by atoms with Gasteiger partial charge in [0.05, 0.1) is 25.2 Å². The van der Waals surface area contributed by atoms with Crippen molar-refractivity contribution in [1.29, 1.82) is 0 Å². The van der Waals surface area contributed by atoms with Crippen LogP contribution in [0.1, 0.15) is 30.0 Å². The molecule has 1 rings (SSSR count). The van der Waals surface area contributed by atoms with E-state index in [2.05, 4.69) is 5.32 Å². The first-order valence-electron chi connectivity index (χ1n) is 6.55. The zero-order chi connectivity index (χ0) is 14.5. The fourth-order valence-electron chi connectivity index (χ4n) is 1.94. The molecular weight excluding hydrogens is 242 g/mol. The van der Waals surface area contributed by atoms with Crippen molar-refractivity contribution < 1.29 is 15.0 Å². The normalized spacial score (nSPS) is 11.4. The molecule has 4 heteroatoms. The Morgan fingerprint density at radius 2 is 1.89 bits per heavy atom. The van der Waals surface area contributed by atoms with Crippen molar-refractivity contribution in [3.8, 4) is 0 Å². The summed E-state index contributed by atoms with van der Waals surface area (Å²) in [4.78, 5) is 12.0. The highest BCUT2D eigenvalue weighted by molar-refractivity contribution is 5.79. The lowest BCUT2D eigenvalue weighted by atomic mass is 9.97. The van der Waals surface area contributed by atoms with E-state index in [0.717, 1.165) is 16.7 Å². The fraction of sp³-hybridized carbons (Fsp3) is 0.533. The molecule has 0 saturated heterocycles. The van der Waals surface area contributed by atoms with Crippen LogP contribution in [0.2, 0.25) is 0 Å². The molecule has 0 fully saturated rings. The SMILES string of the molecule is CCC(CO)(CO)NC(=O)Cc1cc(C)ccc1C. The molecule has 0 unspecified atom stereocenters. The van der Waals surface area contributed by atoms with Gasteiger partial charge in [-0.15, -0.1) is 0 Å². The highest BCUT2D eigenvalue weighted by atomic mass is 16.3. The van der Waals surface area contributed by atoms with Crippen molar-refractivity contribution in [2.45, 2.75) is 39.2 Å². The Bertz CT molecular complexity index is 431. The smallest absolute Gasteiger partial charge is 0.225 e. The molecule has 1 amide bonds. The van der Waals surface area contributed by atoms with E-state index in [1.165, 1.54) is 0 Å². The summed E-state index contributed by atoms with van der Waals surface area (Å²) < 4.78 is 0. The van der Waals surface area contributed by atoms with Gasteiger partial charge in [-0.25, -0.2) is 0 Å². The number of aryl methyl sites for hydroxylation is 2. The highest BCUT2D eigenvalue weighted by Crippen LogP contribution is 2.13. The maximum atomic E-state index is 12.0. The second-order valence-corrected chi connectivity index (χ2v) is 5.11. The first kappa shape index (κ1) is 15.7. The first-order chi connectivity index (χ1) is 8.96. The molecule has 0 atom stereocenters. The molecule has 4 nitrogen and oxygen atoms in total. The van der Waals surface area contributed by atoms with Gasteiger partial charge in [0.25, 0.3) is 0 Å². The predicted octanol–water partition coefficient (Wildman–Crippen LogP) is 1.10. The standard InChI is InChI=1S/C15H23NO3/c1-4-15(9-17,10-18)16-14(19)8-13-7-11(2)5-6-12(13)3/h5-7,17-18H,4,8-10H2,1-3H3,(H,16,19). The van der Waals surface area contributed by atoms with Crippen LogP contribution in [0, 0.1) is 13.8 Å². The molecule has 1 aromatic carbocycles. The third kappa shape index (κ3) is 4.04. The van der Waals surface area contributed by atoms with Crippen LogP contribution in [0.15, 0.2) is 18.2 Å². The second kappa shape index (κ2) is 6.68. The number of hydrogen-bond donors (Lipinski definition) is 3. The monoisotopic (exact) mass is 265 g/mol. The third-order valence-corrected chi connectivity index (χ3v) is 3.54. The highest BCUT2D eigenvalue weighted by Gasteiger charge is 2.28. The summed E-state index contributed by atoms with van der Waals surface area (Å²) in [5, 5.41) is 21.4. The lowest BCUT2D eigenvalue weighted by Gasteiger charge is -2.29. The average Bonchev–Trinajstić information content (AvgIpc) is 2.40. The zero-order valence-corrected chi connectivity index (χ0v) is 11.9. The lowest BCUT2D eigenvalue weighted by Crippen LogP contribution is -2.54. The fourth-order valence-corrected chi connectivity index (χ4v) is 1.94. The van der Waals surface area contributed by atoms with Gasteiger partial charge in [-0.1, -0.05) is 30.7 Å². The van der Waals surface area contributed by atoms with Gasteiger partial charge in [0, 0.05) is 0 Å². The first-order valence-corrected chi connectivity index (χ1v) is 6.55. The van der Waals surface area contributed by atoms with E-state index < -0.39 is 5.54 Å². The Morgan fingerprint density at radius 3 is 2.42 bits per heavy atom. The number of amides is 1. The maximum Gasteiger partial charge on any atom is 0.225 e. The van der Waals surface area contributed by atoms with E-state index in [4.69, 9.17) is 0 Å². The molecule has 0 heterocycles. The van der Waals surface area contributed by atoms with E-state index in [1.54, 1.807) is 0 Å². The molecule has 0 aliphatic carbocycles. The molecule has 0 aromatic heterocycles. The molecule has 106 valence electrons. The van der Waals surface area contributed by atoms with Gasteiger partial charge in [-0.05, 0) is 31.4 Å². The summed E-state index contributed by atoms with van der Waals surface area (Å²) >= 11 is 0. The molecule has 1 aromatic rings. The van der Waals surface area contributed by atoms with Crippen molar-refractivity contribution >= 4 is 5.91 Å². The van der Waals surface area contributed by atoms with Gasteiger partial charge in [0.1, 0.15) is 0 Å². The average molecular weight is 265 g/mol. The molecule has 19 heavy (non-hydrogen) atoms. The van der Waals surface area contributed by atoms with Crippen molar-refractivity contribution in [2.75, 3.05) is 13.2 Å². The minimum Gasteiger partial charge on any atom is -0.394 e. The van der Waals surface area contributed by atoms with Crippen molar-refractivity contribution in [3.05, 3.63) is 34.9 Å². The Hall–Kier alpha value is -1.39. The van der Waals surface area contributed by atoms with Crippen molar-refractivity contribution in [2.24, 2.45) is 0 Å². The number of aliphatic hydroxyl groups excluding tert-OH is 2. The molecule has 0 spiro atoms. The Labute approximate surface area is 114 Å². The third-order valence-electron chi connectivity index (χ3n) is 3.54. The summed E-state index contributed by atoms with van der Waals surface area (Å²) in [6.07, 6.45) is 0.744. The van der Waals surface area contributed by atoms with Crippen LogP contribution in [-0.4, -0.2) is 34.9 Å². The molecule has 3 N–H and O–H groups in total. The van der Waals surface area contributed by atoms with E-state index in [9.17, 15) is 15.0 Å². The zero-order valence-electron chi connectivity index (χ0n) is 11.9. The molecule has 0 saturated carbocycles. The van der Waals surface area contributed by atoms with Crippen LogP contribution in [0.25, 0.3) is 0 Å². The summed E-state index contributed by atoms with van der Waals surface area (Å²) in [5.41, 5.74) is 2.23. The van der Waals surface area contributed by atoms with Gasteiger partial charge in [0.15, 0.2) is 0 Å². The largest absolute Gasteiger partial charge is 0.394 e. The van der Waals surface area contributed by atoms with Crippen LogP contribution in [0.4, 0.5) is 0 Å². The van der Waals surface area contributed by atoms with Crippen LogP contribution < -0.4 is 5.32 Å². The number of benzene rings is 1. The molecule has 0 aliphatic rings. The minimum atomic E-state index is -0.922. The maximum absolute atomic E-state index is 12.0. The van der Waals surface area contributed by atoms with E-state index in [-0.39, 0.29) is 25.5 Å². The van der Waals surface area contributed by atoms with Gasteiger partial charge < -0.3 is 15.5 Å². The molecule has 0 bridgehead atoms. The van der Waals surface area contributed by atoms with Crippen LogP contribution in [0.5, 0.6) is 0 Å². The Kier molecular flexibility index (Phi) is 5.51. The number of aliphatic hydroxyl groups is 2. The van der Waals surface area contributed by atoms with Gasteiger partial charge in [0.2, 0.25) is 5.91 Å². The number of carbonyl (C=O) groups is 1. The van der Waals surface area contributed by atoms with Gasteiger partial charge in [-0.3, -0.25) is 4.79 Å². The molecular formula is C15H23NO3.